The molecule has 6 nitrogen and oxygen atoms in total. The number of hydrogen-bond acceptors (Lipinski definition) is 6. The van der Waals surface area contributed by atoms with Crippen LogP contribution < -0.4 is 0 Å². The van der Waals surface area contributed by atoms with Crippen molar-refractivity contribution in [3.63, 3.8) is 0 Å². The molecule has 0 spiro atoms. The Bertz CT molecular complexity index is 189. The molecule has 1 fully saturated rings. The van der Waals surface area contributed by atoms with Gasteiger partial charge in [0.25, 0.3) is 0 Å². The Labute approximate surface area is 74.7 Å². The van der Waals surface area contributed by atoms with Gasteiger partial charge in [-0.3, -0.25) is 4.79 Å². The van der Waals surface area contributed by atoms with Crippen molar-refractivity contribution in [3.8, 4) is 0 Å². The smallest absolute Gasteiger partial charge is 0.220 e. The monoisotopic (exact) mass is 192 g/mol. The van der Waals surface area contributed by atoms with Crippen LogP contribution in [0.4, 0.5) is 0 Å². The largest absolute Gasteiger partial charge is 0.394 e. The second-order valence-corrected chi connectivity index (χ2v) is 2.76. The molecule has 1 heterocycles. The van der Waals surface area contributed by atoms with Crippen molar-refractivity contribution < 1.29 is 29.6 Å². The summed E-state index contributed by atoms with van der Waals surface area (Å²) in [4.78, 5) is 11.1. The SMILES string of the molecule is COC1O[C@H](CO)[C@@H](O)[C@H](O)C1=O. The molecule has 0 aromatic rings. The molecule has 0 aromatic carbocycles. The van der Waals surface area contributed by atoms with E-state index in [4.69, 9.17) is 9.84 Å². The molecule has 0 aromatic heterocycles. The summed E-state index contributed by atoms with van der Waals surface area (Å²) in [6, 6.07) is 0. The maximum Gasteiger partial charge on any atom is 0.220 e. The summed E-state index contributed by atoms with van der Waals surface area (Å²) in [5, 5.41) is 27.1. The predicted molar refractivity (Wildman–Crippen MR) is 39.8 cm³/mol. The summed E-state index contributed by atoms with van der Waals surface area (Å²) in [6.07, 6.45) is -5.16. The molecule has 13 heavy (non-hydrogen) atoms. The Kier molecular flexibility index (Phi) is 3.34. The van der Waals surface area contributed by atoms with Gasteiger partial charge in [-0.05, 0) is 0 Å². The zero-order chi connectivity index (χ0) is 10.0. The third-order valence-corrected chi connectivity index (χ3v) is 1.92. The average molecular weight is 192 g/mol. The highest BCUT2D eigenvalue weighted by atomic mass is 16.7. The third kappa shape index (κ3) is 1.87. The molecule has 3 N–H and O–H groups in total. The van der Waals surface area contributed by atoms with Crippen molar-refractivity contribution in [2.45, 2.75) is 24.6 Å². The predicted octanol–water partition coefficient (Wildman–Crippen LogP) is -2.36. The number of hydrogen-bond donors (Lipinski definition) is 3. The number of methoxy groups -OCH3 is 1. The van der Waals surface area contributed by atoms with E-state index in [-0.39, 0.29) is 0 Å². The van der Waals surface area contributed by atoms with Crippen LogP contribution in [0.5, 0.6) is 0 Å². The molecule has 1 unspecified atom stereocenters. The zero-order valence-corrected chi connectivity index (χ0v) is 7.08. The van der Waals surface area contributed by atoms with Gasteiger partial charge in [-0.25, -0.2) is 0 Å². The van der Waals surface area contributed by atoms with Gasteiger partial charge >= 0.3 is 0 Å². The van der Waals surface area contributed by atoms with Gasteiger partial charge in [0.15, 0.2) is 0 Å². The molecule has 0 amide bonds. The number of rotatable bonds is 2. The summed E-state index contributed by atoms with van der Waals surface area (Å²) in [5.74, 6) is -0.736. The van der Waals surface area contributed by atoms with Crippen LogP contribution in [0.1, 0.15) is 0 Å². The summed E-state index contributed by atoms with van der Waals surface area (Å²) in [5.41, 5.74) is 0. The number of carbonyl (C=O) groups is 1. The highest BCUT2D eigenvalue weighted by molar-refractivity contribution is 5.87. The van der Waals surface area contributed by atoms with Crippen LogP contribution in [-0.2, 0) is 14.3 Å². The van der Waals surface area contributed by atoms with Crippen molar-refractivity contribution in [1.29, 1.82) is 0 Å². The van der Waals surface area contributed by atoms with E-state index in [9.17, 15) is 15.0 Å². The summed E-state index contributed by atoms with van der Waals surface area (Å²) >= 11 is 0. The van der Waals surface area contributed by atoms with Crippen LogP contribution in [0.2, 0.25) is 0 Å². The fraction of sp³-hybridized carbons (Fsp3) is 0.857. The van der Waals surface area contributed by atoms with Gasteiger partial charge in [-0.15, -0.1) is 0 Å². The van der Waals surface area contributed by atoms with Gasteiger partial charge in [0, 0.05) is 7.11 Å². The van der Waals surface area contributed by atoms with Gasteiger partial charge in [-0.2, -0.15) is 0 Å². The highest BCUT2D eigenvalue weighted by Gasteiger charge is 2.43. The summed E-state index contributed by atoms with van der Waals surface area (Å²) in [7, 11) is 1.24. The van der Waals surface area contributed by atoms with Gasteiger partial charge in [0.05, 0.1) is 6.61 Å². The number of ether oxygens (including phenoxy) is 2. The van der Waals surface area contributed by atoms with Gasteiger partial charge in [0.2, 0.25) is 12.1 Å². The van der Waals surface area contributed by atoms with E-state index in [1.807, 2.05) is 0 Å². The van der Waals surface area contributed by atoms with E-state index in [2.05, 4.69) is 4.74 Å². The van der Waals surface area contributed by atoms with Gasteiger partial charge in [-0.1, -0.05) is 0 Å². The molecule has 76 valence electrons. The molecule has 0 aliphatic carbocycles. The molecule has 6 heteroatoms. The molecule has 4 atom stereocenters. The second-order valence-electron chi connectivity index (χ2n) is 2.76. The van der Waals surface area contributed by atoms with Crippen LogP contribution in [0.25, 0.3) is 0 Å². The lowest BCUT2D eigenvalue weighted by Gasteiger charge is -2.33. The van der Waals surface area contributed by atoms with E-state index in [0.717, 1.165) is 0 Å². The highest BCUT2D eigenvalue weighted by Crippen LogP contribution is 2.17. The molecule has 1 aliphatic rings. The van der Waals surface area contributed by atoms with Crippen LogP contribution in [0.3, 0.4) is 0 Å². The van der Waals surface area contributed by atoms with Crippen molar-refractivity contribution >= 4 is 5.78 Å². The lowest BCUT2D eigenvalue weighted by atomic mass is 10.0. The number of Topliss-reactive ketones (excluding diaryl/α,β-unsaturated/α-hetero) is 1. The lowest BCUT2D eigenvalue weighted by molar-refractivity contribution is -0.233. The standard InChI is InChI=1S/C7H12O6/c1-12-7-6(11)5(10)4(9)3(2-8)13-7/h3-5,7-10H,2H2,1H3/t3-,4-,5+,7?/m1/s1. The van der Waals surface area contributed by atoms with E-state index in [1.165, 1.54) is 7.11 Å². The van der Waals surface area contributed by atoms with Crippen molar-refractivity contribution in [2.24, 2.45) is 0 Å². The van der Waals surface area contributed by atoms with Crippen LogP contribution in [0.15, 0.2) is 0 Å². The van der Waals surface area contributed by atoms with E-state index < -0.39 is 37.0 Å². The normalized spacial score (nSPS) is 40.8. The number of carbonyl (C=O) groups excluding carboxylic acids is 1. The van der Waals surface area contributed by atoms with E-state index in [0.29, 0.717) is 0 Å². The maximum absolute atomic E-state index is 11.1. The molecule has 0 radical (unpaired) electrons. The first-order chi connectivity index (χ1) is 6.11. The number of aliphatic hydroxyl groups is 3. The zero-order valence-electron chi connectivity index (χ0n) is 7.08. The number of aliphatic hydroxyl groups excluding tert-OH is 3. The van der Waals surface area contributed by atoms with Crippen molar-refractivity contribution in [3.05, 3.63) is 0 Å². The first kappa shape index (κ1) is 10.6. The Morgan fingerprint density at radius 3 is 2.62 bits per heavy atom. The first-order valence-corrected chi connectivity index (χ1v) is 3.80. The van der Waals surface area contributed by atoms with Crippen LogP contribution >= 0.6 is 0 Å². The Morgan fingerprint density at radius 2 is 2.15 bits per heavy atom. The maximum atomic E-state index is 11.1. The van der Waals surface area contributed by atoms with Crippen LogP contribution in [-0.4, -0.2) is 59.4 Å². The fourth-order valence-electron chi connectivity index (χ4n) is 1.14. The van der Waals surface area contributed by atoms with Crippen molar-refractivity contribution in [2.75, 3.05) is 13.7 Å². The molecule has 1 rings (SSSR count). The second kappa shape index (κ2) is 4.12. The third-order valence-electron chi connectivity index (χ3n) is 1.92. The van der Waals surface area contributed by atoms with Gasteiger partial charge in [0.1, 0.15) is 18.3 Å². The minimum atomic E-state index is -1.56. The molecular weight excluding hydrogens is 180 g/mol. The minimum Gasteiger partial charge on any atom is -0.394 e. The molecular formula is C7H12O6. The Balaban J connectivity index is 2.72. The summed E-state index contributed by atoms with van der Waals surface area (Å²) < 4.78 is 9.45. The van der Waals surface area contributed by atoms with Crippen LogP contribution in [0, 0.1) is 0 Å². The van der Waals surface area contributed by atoms with Crippen molar-refractivity contribution in [1.82, 2.24) is 0 Å². The topological polar surface area (TPSA) is 96.2 Å². The Morgan fingerprint density at radius 1 is 1.54 bits per heavy atom. The van der Waals surface area contributed by atoms with E-state index >= 15 is 0 Å². The Hall–Kier alpha value is -0.530. The van der Waals surface area contributed by atoms with E-state index in [1.54, 1.807) is 0 Å². The molecule has 1 saturated heterocycles. The summed E-state index contributed by atoms with van der Waals surface area (Å²) in [6.45, 7) is -0.481. The lowest BCUT2D eigenvalue weighted by Crippen LogP contribution is -2.56. The molecule has 0 saturated carbocycles. The minimum absolute atomic E-state index is 0.481. The fourth-order valence-corrected chi connectivity index (χ4v) is 1.14. The molecule has 0 bridgehead atoms. The average Bonchev–Trinajstić information content (AvgIpc) is 2.15. The molecule has 1 aliphatic heterocycles. The number of ketones is 1. The quantitative estimate of drug-likeness (QED) is 0.453. The van der Waals surface area contributed by atoms with Gasteiger partial charge < -0.3 is 24.8 Å². The first-order valence-electron chi connectivity index (χ1n) is 3.80.